The SMILES string of the molecule is COc1ccc(C(=O)N(C)Cc2ccccc2F)cn1. The van der Waals surface area contributed by atoms with E-state index in [0.717, 1.165) is 0 Å². The fourth-order valence-corrected chi connectivity index (χ4v) is 1.80. The van der Waals surface area contributed by atoms with Crippen LogP contribution in [-0.2, 0) is 6.54 Å². The zero-order valence-electron chi connectivity index (χ0n) is 11.3. The van der Waals surface area contributed by atoms with Crippen molar-refractivity contribution in [2.75, 3.05) is 14.2 Å². The Morgan fingerprint density at radius 1 is 1.30 bits per heavy atom. The van der Waals surface area contributed by atoms with Crippen LogP contribution in [0.5, 0.6) is 5.88 Å². The smallest absolute Gasteiger partial charge is 0.255 e. The second-order valence-corrected chi connectivity index (χ2v) is 4.34. The second kappa shape index (κ2) is 6.14. The maximum atomic E-state index is 13.5. The van der Waals surface area contributed by atoms with Gasteiger partial charge in [-0.1, -0.05) is 18.2 Å². The standard InChI is InChI=1S/C15H15FN2O2/c1-18(10-12-5-3-4-6-13(12)16)15(19)11-7-8-14(20-2)17-9-11/h3-9H,10H2,1-2H3. The molecule has 1 aromatic heterocycles. The highest BCUT2D eigenvalue weighted by molar-refractivity contribution is 5.93. The Balaban J connectivity index is 2.10. The summed E-state index contributed by atoms with van der Waals surface area (Å²) in [5.41, 5.74) is 0.912. The van der Waals surface area contributed by atoms with Crippen molar-refractivity contribution in [2.45, 2.75) is 6.54 Å². The second-order valence-electron chi connectivity index (χ2n) is 4.34. The highest BCUT2D eigenvalue weighted by atomic mass is 19.1. The number of amides is 1. The van der Waals surface area contributed by atoms with Gasteiger partial charge in [-0.05, 0) is 12.1 Å². The van der Waals surface area contributed by atoms with E-state index in [9.17, 15) is 9.18 Å². The molecule has 5 heteroatoms. The molecule has 0 radical (unpaired) electrons. The topological polar surface area (TPSA) is 42.4 Å². The lowest BCUT2D eigenvalue weighted by Gasteiger charge is -2.17. The van der Waals surface area contributed by atoms with Crippen LogP contribution in [0.15, 0.2) is 42.6 Å². The summed E-state index contributed by atoms with van der Waals surface area (Å²) in [5, 5.41) is 0. The van der Waals surface area contributed by atoms with Gasteiger partial charge in [-0.2, -0.15) is 0 Å². The van der Waals surface area contributed by atoms with E-state index in [1.807, 2.05) is 0 Å². The first kappa shape index (κ1) is 14.0. The fourth-order valence-electron chi connectivity index (χ4n) is 1.80. The molecule has 0 aliphatic rings. The predicted octanol–water partition coefficient (Wildman–Crippen LogP) is 2.50. The summed E-state index contributed by atoms with van der Waals surface area (Å²) in [5.74, 6) is -0.0956. The van der Waals surface area contributed by atoms with E-state index < -0.39 is 0 Å². The highest BCUT2D eigenvalue weighted by Gasteiger charge is 2.14. The van der Waals surface area contributed by atoms with Crippen LogP contribution in [-0.4, -0.2) is 29.9 Å². The first-order valence-electron chi connectivity index (χ1n) is 6.10. The average molecular weight is 274 g/mol. The normalized spacial score (nSPS) is 10.2. The monoisotopic (exact) mass is 274 g/mol. The lowest BCUT2D eigenvalue weighted by Crippen LogP contribution is -2.26. The Morgan fingerprint density at radius 2 is 2.05 bits per heavy atom. The Bertz CT molecular complexity index is 599. The van der Waals surface area contributed by atoms with Gasteiger partial charge in [-0.3, -0.25) is 4.79 Å². The molecule has 0 bridgehead atoms. The van der Waals surface area contributed by atoms with Crippen molar-refractivity contribution in [3.05, 3.63) is 59.5 Å². The van der Waals surface area contributed by atoms with Crippen molar-refractivity contribution in [1.82, 2.24) is 9.88 Å². The summed E-state index contributed by atoms with van der Waals surface area (Å²) in [4.78, 5) is 17.6. The molecular weight excluding hydrogens is 259 g/mol. The molecule has 0 N–H and O–H groups in total. The number of halogens is 1. The summed E-state index contributed by atoms with van der Waals surface area (Å²) in [7, 11) is 3.13. The number of benzene rings is 1. The Morgan fingerprint density at radius 3 is 2.65 bits per heavy atom. The minimum absolute atomic E-state index is 0.206. The summed E-state index contributed by atoms with van der Waals surface area (Å²) >= 11 is 0. The number of hydrogen-bond acceptors (Lipinski definition) is 3. The maximum absolute atomic E-state index is 13.5. The number of nitrogens with zero attached hydrogens (tertiary/aromatic N) is 2. The van der Waals surface area contributed by atoms with E-state index >= 15 is 0 Å². The third-order valence-electron chi connectivity index (χ3n) is 2.90. The summed E-state index contributed by atoms with van der Waals surface area (Å²) in [6, 6.07) is 9.64. The van der Waals surface area contributed by atoms with E-state index in [2.05, 4.69) is 4.98 Å². The Labute approximate surface area is 116 Å². The summed E-state index contributed by atoms with van der Waals surface area (Å²) in [6.45, 7) is 0.206. The fraction of sp³-hybridized carbons (Fsp3) is 0.200. The minimum Gasteiger partial charge on any atom is -0.481 e. The third kappa shape index (κ3) is 3.12. The lowest BCUT2D eigenvalue weighted by molar-refractivity contribution is 0.0783. The summed E-state index contributed by atoms with van der Waals surface area (Å²) in [6.07, 6.45) is 1.44. The third-order valence-corrected chi connectivity index (χ3v) is 2.90. The van der Waals surface area contributed by atoms with Gasteiger partial charge in [-0.15, -0.1) is 0 Å². The van der Waals surface area contributed by atoms with Crippen molar-refractivity contribution in [3.63, 3.8) is 0 Å². The molecule has 1 heterocycles. The molecule has 0 saturated heterocycles. The van der Waals surface area contributed by atoms with Gasteiger partial charge in [0.2, 0.25) is 5.88 Å². The molecule has 2 rings (SSSR count). The zero-order chi connectivity index (χ0) is 14.5. The number of rotatable bonds is 4. The molecule has 0 unspecified atom stereocenters. The number of carbonyl (C=O) groups is 1. The van der Waals surface area contributed by atoms with E-state index in [1.54, 1.807) is 37.4 Å². The maximum Gasteiger partial charge on any atom is 0.255 e. The molecule has 4 nitrogen and oxygen atoms in total. The quantitative estimate of drug-likeness (QED) is 0.860. The van der Waals surface area contributed by atoms with Crippen LogP contribution in [0.4, 0.5) is 4.39 Å². The number of aromatic nitrogens is 1. The van der Waals surface area contributed by atoms with Crippen LogP contribution in [0.3, 0.4) is 0 Å². The molecule has 1 aromatic carbocycles. The number of methoxy groups -OCH3 is 1. The number of hydrogen-bond donors (Lipinski definition) is 0. The van der Waals surface area contributed by atoms with Crippen LogP contribution < -0.4 is 4.74 Å². The van der Waals surface area contributed by atoms with E-state index in [4.69, 9.17) is 4.74 Å². The molecule has 0 saturated carbocycles. The first-order chi connectivity index (χ1) is 9.61. The van der Waals surface area contributed by atoms with Gasteiger partial charge in [-0.25, -0.2) is 9.37 Å². The van der Waals surface area contributed by atoms with Crippen molar-refractivity contribution in [3.8, 4) is 5.88 Å². The Hall–Kier alpha value is -2.43. The van der Waals surface area contributed by atoms with Crippen molar-refractivity contribution < 1.29 is 13.9 Å². The van der Waals surface area contributed by atoms with Gasteiger partial charge in [0.25, 0.3) is 5.91 Å². The molecule has 2 aromatic rings. The number of carbonyl (C=O) groups excluding carboxylic acids is 1. The molecule has 20 heavy (non-hydrogen) atoms. The molecule has 0 spiro atoms. The van der Waals surface area contributed by atoms with Crippen LogP contribution in [0, 0.1) is 5.82 Å². The molecule has 1 amide bonds. The van der Waals surface area contributed by atoms with Crippen LogP contribution >= 0.6 is 0 Å². The van der Waals surface area contributed by atoms with Gasteiger partial charge in [0.1, 0.15) is 5.82 Å². The summed E-state index contributed by atoms with van der Waals surface area (Å²) < 4.78 is 18.5. The Kier molecular flexibility index (Phi) is 4.30. The molecule has 0 fully saturated rings. The van der Waals surface area contributed by atoms with Gasteiger partial charge in [0.15, 0.2) is 0 Å². The predicted molar refractivity (Wildman–Crippen MR) is 73.0 cm³/mol. The van der Waals surface area contributed by atoms with Gasteiger partial charge in [0.05, 0.1) is 12.7 Å². The van der Waals surface area contributed by atoms with Crippen molar-refractivity contribution >= 4 is 5.91 Å². The lowest BCUT2D eigenvalue weighted by atomic mass is 10.2. The zero-order valence-corrected chi connectivity index (χ0v) is 11.3. The van der Waals surface area contributed by atoms with E-state index in [-0.39, 0.29) is 18.3 Å². The minimum atomic E-state index is -0.319. The molecular formula is C15H15FN2O2. The molecule has 0 atom stereocenters. The van der Waals surface area contributed by atoms with Gasteiger partial charge < -0.3 is 9.64 Å². The van der Waals surface area contributed by atoms with Gasteiger partial charge in [0, 0.05) is 31.4 Å². The van der Waals surface area contributed by atoms with Crippen molar-refractivity contribution in [2.24, 2.45) is 0 Å². The highest BCUT2D eigenvalue weighted by Crippen LogP contribution is 2.12. The molecule has 0 aliphatic heterocycles. The first-order valence-corrected chi connectivity index (χ1v) is 6.10. The van der Waals surface area contributed by atoms with Gasteiger partial charge >= 0.3 is 0 Å². The van der Waals surface area contributed by atoms with E-state index in [1.165, 1.54) is 24.3 Å². The van der Waals surface area contributed by atoms with Crippen LogP contribution in [0.2, 0.25) is 0 Å². The van der Waals surface area contributed by atoms with Crippen LogP contribution in [0.1, 0.15) is 15.9 Å². The van der Waals surface area contributed by atoms with Crippen molar-refractivity contribution in [1.29, 1.82) is 0 Å². The van der Waals surface area contributed by atoms with E-state index in [0.29, 0.717) is 17.0 Å². The number of pyridine rings is 1. The van der Waals surface area contributed by atoms with Crippen LogP contribution in [0.25, 0.3) is 0 Å². The molecule has 0 aliphatic carbocycles. The number of ether oxygens (including phenoxy) is 1. The largest absolute Gasteiger partial charge is 0.481 e. The molecule has 104 valence electrons. The average Bonchev–Trinajstić information content (AvgIpc) is 2.49.